The van der Waals surface area contributed by atoms with E-state index < -0.39 is 0 Å². The number of thioether (sulfide) groups is 1. The highest BCUT2D eigenvalue weighted by Crippen LogP contribution is 2.25. The van der Waals surface area contributed by atoms with Gasteiger partial charge in [0.05, 0.1) is 5.02 Å². The lowest BCUT2D eigenvalue weighted by Gasteiger charge is -1.98. The molecule has 1 aromatic rings. The second kappa shape index (κ2) is 3.89. The van der Waals surface area contributed by atoms with Crippen molar-refractivity contribution in [3.63, 3.8) is 0 Å². The summed E-state index contributed by atoms with van der Waals surface area (Å²) in [7, 11) is 0. The maximum atomic E-state index is 5.83. The minimum Gasteiger partial charge on any atom is -0.125 e. The van der Waals surface area contributed by atoms with Crippen molar-refractivity contribution >= 4 is 23.4 Å². The summed E-state index contributed by atoms with van der Waals surface area (Å²) in [4.78, 5) is 1.12. The van der Waals surface area contributed by atoms with Gasteiger partial charge in [-0.15, -0.1) is 11.8 Å². The summed E-state index contributed by atoms with van der Waals surface area (Å²) < 4.78 is 0. The Balaban J connectivity index is 2.81. The Bertz CT molecular complexity index is 210. The van der Waals surface area contributed by atoms with E-state index in [0.717, 1.165) is 15.7 Å². The molecule has 0 nitrogen and oxygen atoms in total. The molecule has 0 amide bonds. The molecule has 1 rings (SSSR count). The second-order valence-electron chi connectivity index (χ2n) is 1.78. The first kappa shape index (κ1) is 7.96. The van der Waals surface area contributed by atoms with Gasteiger partial charge in [-0.25, -0.2) is 0 Å². The van der Waals surface area contributed by atoms with Crippen LogP contribution in [0.4, 0.5) is 0 Å². The van der Waals surface area contributed by atoms with Gasteiger partial charge in [0.25, 0.3) is 0 Å². The molecule has 1 aromatic carbocycles. The standard InChI is InChI=1S/C8H8ClS/c1-2-10-8-6-4-3-5-7(8)9/h3-4,6H,2H2,1H3. The first-order valence-corrected chi connectivity index (χ1v) is 4.50. The van der Waals surface area contributed by atoms with Crippen LogP contribution in [0.5, 0.6) is 0 Å². The molecule has 0 heterocycles. The average Bonchev–Trinajstić information content (AvgIpc) is 1.94. The average molecular weight is 172 g/mol. The predicted molar refractivity (Wildman–Crippen MR) is 46.7 cm³/mol. The van der Waals surface area contributed by atoms with Crippen molar-refractivity contribution in [3.8, 4) is 0 Å². The lowest BCUT2D eigenvalue weighted by Crippen LogP contribution is -1.73. The fourth-order valence-corrected chi connectivity index (χ4v) is 1.63. The van der Waals surface area contributed by atoms with Gasteiger partial charge >= 0.3 is 0 Å². The van der Waals surface area contributed by atoms with Gasteiger partial charge in [0.2, 0.25) is 0 Å². The van der Waals surface area contributed by atoms with Crippen LogP contribution < -0.4 is 0 Å². The molecule has 0 saturated carbocycles. The zero-order valence-corrected chi connectivity index (χ0v) is 7.30. The van der Waals surface area contributed by atoms with E-state index in [1.807, 2.05) is 18.2 Å². The molecule has 1 radical (unpaired) electrons. The maximum Gasteiger partial charge on any atom is 0.0620 e. The number of hydrogen-bond acceptors (Lipinski definition) is 1. The quantitative estimate of drug-likeness (QED) is 0.616. The van der Waals surface area contributed by atoms with Crippen LogP contribution in [0.1, 0.15) is 6.92 Å². The summed E-state index contributed by atoms with van der Waals surface area (Å²) in [5.41, 5.74) is 0. The Morgan fingerprint density at radius 2 is 2.50 bits per heavy atom. The predicted octanol–water partition coefficient (Wildman–Crippen LogP) is 3.25. The summed E-state index contributed by atoms with van der Waals surface area (Å²) in [5.74, 6) is 1.05. The Kier molecular flexibility index (Phi) is 3.10. The van der Waals surface area contributed by atoms with Gasteiger partial charge in [-0.05, 0) is 11.8 Å². The molecule has 0 spiro atoms. The summed E-state index contributed by atoms with van der Waals surface area (Å²) in [6.07, 6.45) is 0. The number of benzene rings is 1. The normalized spacial score (nSPS) is 9.80. The minimum absolute atomic E-state index is 0.731. The summed E-state index contributed by atoms with van der Waals surface area (Å²) >= 11 is 7.57. The van der Waals surface area contributed by atoms with Crippen molar-refractivity contribution < 1.29 is 0 Å². The van der Waals surface area contributed by atoms with Crippen LogP contribution in [-0.2, 0) is 0 Å². The zero-order valence-electron chi connectivity index (χ0n) is 5.73. The monoisotopic (exact) mass is 171 g/mol. The van der Waals surface area contributed by atoms with Crippen LogP contribution in [-0.4, -0.2) is 5.75 Å². The van der Waals surface area contributed by atoms with E-state index in [4.69, 9.17) is 11.6 Å². The van der Waals surface area contributed by atoms with Crippen LogP contribution in [0.15, 0.2) is 23.1 Å². The third-order valence-corrected chi connectivity index (χ3v) is 2.43. The molecule has 0 bridgehead atoms. The van der Waals surface area contributed by atoms with Gasteiger partial charge in [0, 0.05) is 11.0 Å². The lowest BCUT2D eigenvalue weighted by atomic mass is 10.4. The van der Waals surface area contributed by atoms with E-state index in [-0.39, 0.29) is 0 Å². The zero-order chi connectivity index (χ0) is 7.40. The minimum atomic E-state index is 0.731. The molecule has 0 fully saturated rings. The van der Waals surface area contributed by atoms with Crippen molar-refractivity contribution in [2.24, 2.45) is 0 Å². The van der Waals surface area contributed by atoms with Crippen molar-refractivity contribution in [1.82, 2.24) is 0 Å². The fraction of sp³-hybridized carbons (Fsp3) is 0.250. The third-order valence-electron chi connectivity index (χ3n) is 1.07. The third kappa shape index (κ3) is 1.93. The second-order valence-corrected chi connectivity index (χ2v) is 3.47. The molecular formula is C8H8ClS. The van der Waals surface area contributed by atoms with Gasteiger partial charge in [-0.3, -0.25) is 0 Å². The maximum absolute atomic E-state index is 5.83. The number of rotatable bonds is 2. The SMILES string of the molecule is CCSc1ccc[c]c1Cl. The summed E-state index contributed by atoms with van der Waals surface area (Å²) in [6.45, 7) is 2.11. The van der Waals surface area contributed by atoms with Crippen LogP contribution in [0, 0.1) is 6.07 Å². The molecule has 0 unspecified atom stereocenters. The number of halogens is 1. The first-order valence-electron chi connectivity index (χ1n) is 3.13. The Labute approximate surface area is 70.6 Å². The van der Waals surface area contributed by atoms with Crippen LogP contribution in [0.3, 0.4) is 0 Å². The van der Waals surface area contributed by atoms with E-state index in [9.17, 15) is 0 Å². The van der Waals surface area contributed by atoms with Crippen LogP contribution in [0.2, 0.25) is 5.02 Å². The highest BCUT2D eigenvalue weighted by molar-refractivity contribution is 7.99. The number of hydrogen-bond donors (Lipinski definition) is 0. The Hall–Kier alpha value is -0.140. The van der Waals surface area contributed by atoms with Gasteiger partial charge < -0.3 is 0 Å². The van der Waals surface area contributed by atoms with Crippen molar-refractivity contribution in [3.05, 3.63) is 29.3 Å². The lowest BCUT2D eigenvalue weighted by molar-refractivity contribution is 1.42. The molecule has 2 heteroatoms. The van der Waals surface area contributed by atoms with Crippen molar-refractivity contribution in [2.75, 3.05) is 5.75 Å². The van der Waals surface area contributed by atoms with E-state index in [0.29, 0.717) is 0 Å². The van der Waals surface area contributed by atoms with Gasteiger partial charge in [0.15, 0.2) is 0 Å². The van der Waals surface area contributed by atoms with Crippen LogP contribution >= 0.6 is 23.4 Å². The fourth-order valence-electron chi connectivity index (χ4n) is 0.668. The molecule has 10 heavy (non-hydrogen) atoms. The molecule has 0 aliphatic carbocycles. The van der Waals surface area contributed by atoms with E-state index in [2.05, 4.69) is 13.0 Å². The highest BCUT2D eigenvalue weighted by Gasteiger charge is 1.95. The Morgan fingerprint density at radius 1 is 1.70 bits per heavy atom. The molecule has 0 N–H and O–H groups in total. The molecule has 0 saturated heterocycles. The molecular weight excluding hydrogens is 164 g/mol. The van der Waals surface area contributed by atoms with E-state index in [1.165, 1.54) is 0 Å². The summed E-state index contributed by atoms with van der Waals surface area (Å²) in [5, 5.41) is 0.731. The van der Waals surface area contributed by atoms with Crippen molar-refractivity contribution in [1.29, 1.82) is 0 Å². The van der Waals surface area contributed by atoms with E-state index in [1.54, 1.807) is 11.8 Å². The molecule has 53 valence electrons. The molecule has 0 atom stereocenters. The topological polar surface area (TPSA) is 0 Å². The highest BCUT2D eigenvalue weighted by atomic mass is 35.5. The van der Waals surface area contributed by atoms with Crippen LogP contribution in [0.25, 0.3) is 0 Å². The molecule has 0 aliphatic heterocycles. The van der Waals surface area contributed by atoms with Gasteiger partial charge in [-0.2, -0.15) is 0 Å². The van der Waals surface area contributed by atoms with Gasteiger partial charge in [0.1, 0.15) is 0 Å². The van der Waals surface area contributed by atoms with E-state index >= 15 is 0 Å². The smallest absolute Gasteiger partial charge is 0.0620 e. The summed E-state index contributed by atoms with van der Waals surface area (Å²) in [6, 6.07) is 8.71. The molecule has 0 aromatic heterocycles. The molecule has 0 aliphatic rings. The Morgan fingerprint density at radius 3 is 3.10 bits per heavy atom. The van der Waals surface area contributed by atoms with Gasteiger partial charge in [-0.1, -0.05) is 30.7 Å². The van der Waals surface area contributed by atoms with Crippen molar-refractivity contribution in [2.45, 2.75) is 11.8 Å². The first-order chi connectivity index (χ1) is 4.84. The largest absolute Gasteiger partial charge is 0.125 e.